The predicted octanol–water partition coefficient (Wildman–Crippen LogP) is 2.04. The minimum atomic E-state index is -0.583. The van der Waals surface area contributed by atoms with E-state index in [4.69, 9.17) is 0 Å². The second-order valence-electron chi connectivity index (χ2n) is 6.63. The van der Waals surface area contributed by atoms with E-state index in [1.54, 1.807) is 24.4 Å². The molecule has 1 saturated carbocycles. The lowest BCUT2D eigenvalue weighted by Gasteiger charge is -2.43. The number of hydrogen-bond acceptors (Lipinski definition) is 4. The molecule has 2 amide bonds. The highest BCUT2D eigenvalue weighted by atomic mass is 16.2. The van der Waals surface area contributed by atoms with Gasteiger partial charge in [-0.15, -0.1) is 0 Å². The van der Waals surface area contributed by atoms with E-state index >= 15 is 0 Å². The highest BCUT2D eigenvalue weighted by Crippen LogP contribution is 2.57. The Bertz CT molecular complexity index is 892. The molecule has 2 aromatic rings. The summed E-state index contributed by atoms with van der Waals surface area (Å²) in [6.45, 7) is 0. The lowest BCUT2D eigenvalue weighted by atomic mass is 9.56. The van der Waals surface area contributed by atoms with Gasteiger partial charge in [0.2, 0.25) is 11.8 Å². The number of Topliss-reactive ketones (excluding diaryl/α,β-unsaturated/α-hetero) is 1. The third kappa shape index (κ3) is 1.54. The summed E-state index contributed by atoms with van der Waals surface area (Å²) in [6.07, 6.45) is 1.91. The third-order valence-electron chi connectivity index (χ3n) is 5.57. The van der Waals surface area contributed by atoms with Gasteiger partial charge in [0.15, 0.2) is 0 Å². The molecule has 24 heavy (non-hydrogen) atoms. The number of hydrogen-bond donors (Lipinski definition) is 0. The molecule has 6 rings (SSSR count). The van der Waals surface area contributed by atoms with Crippen LogP contribution < -0.4 is 4.90 Å². The number of nitrogens with zero attached hydrogens (tertiary/aromatic N) is 2. The highest BCUT2D eigenvalue weighted by molar-refractivity contribution is 6.24. The monoisotopic (exact) mass is 318 g/mol. The highest BCUT2D eigenvalue weighted by Gasteiger charge is 2.62. The topological polar surface area (TPSA) is 67.3 Å². The van der Waals surface area contributed by atoms with Gasteiger partial charge in [-0.05, 0) is 23.3 Å². The predicted molar refractivity (Wildman–Crippen MR) is 85.3 cm³/mol. The van der Waals surface area contributed by atoms with Gasteiger partial charge in [-0.3, -0.25) is 14.4 Å². The van der Waals surface area contributed by atoms with Crippen molar-refractivity contribution in [3.05, 3.63) is 59.8 Å². The molecule has 4 atom stereocenters. The van der Waals surface area contributed by atoms with Crippen LogP contribution in [-0.4, -0.2) is 22.6 Å². The van der Waals surface area contributed by atoms with Crippen molar-refractivity contribution in [2.45, 2.75) is 18.3 Å². The van der Waals surface area contributed by atoms with Gasteiger partial charge in [-0.25, -0.2) is 9.88 Å². The van der Waals surface area contributed by atoms with E-state index in [1.165, 1.54) is 4.90 Å². The normalized spacial score (nSPS) is 30.5. The fourth-order valence-electron chi connectivity index (χ4n) is 4.67. The Morgan fingerprint density at radius 2 is 1.58 bits per heavy atom. The molecule has 0 unspecified atom stereocenters. The largest absolute Gasteiger partial charge is 0.299 e. The van der Waals surface area contributed by atoms with Crippen LogP contribution in [0.25, 0.3) is 0 Å². The average molecular weight is 318 g/mol. The first-order valence-electron chi connectivity index (χ1n) is 8.09. The van der Waals surface area contributed by atoms with Gasteiger partial charge >= 0.3 is 0 Å². The summed E-state index contributed by atoms with van der Waals surface area (Å²) in [5.41, 5.74) is 1.97. The molecular formula is C19H14N2O3. The van der Waals surface area contributed by atoms with Gasteiger partial charge in [0.1, 0.15) is 11.6 Å². The van der Waals surface area contributed by atoms with Gasteiger partial charge in [0.25, 0.3) is 0 Å². The van der Waals surface area contributed by atoms with Crippen molar-refractivity contribution in [3.8, 4) is 0 Å². The minimum absolute atomic E-state index is 0.0731. The number of fused-ring (bicyclic) bond motifs is 1. The number of ketones is 1. The van der Waals surface area contributed by atoms with Crippen LogP contribution >= 0.6 is 0 Å². The van der Waals surface area contributed by atoms with Crippen molar-refractivity contribution in [3.63, 3.8) is 0 Å². The molecule has 1 aromatic heterocycles. The zero-order chi connectivity index (χ0) is 16.4. The van der Waals surface area contributed by atoms with E-state index in [0.29, 0.717) is 12.2 Å². The first-order chi connectivity index (χ1) is 11.7. The van der Waals surface area contributed by atoms with Crippen LogP contribution in [0.3, 0.4) is 0 Å². The Morgan fingerprint density at radius 1 is 0.875 bits per heavy atom. The summed E-state index contributed by atoms with van der Waals surface area (Å²) in [7, 11) is 0. The van der Waals surface area contributed by atoms with Crippen LogP contribution in [0.2, 0.25) is 0 Å². The molecule has 0 spiro atoms. The number of amides is 2. The molecule has 5 heteroatoms. The minimum Gasteiger partial charge on any atom is -0.299 e. The summed E-state index contributed by atoms with van der Waals surface area (Å²) in [5.74, 6) is -1.82. The summed E-state index contributed by atoms with van der Waals surface area (Å²) in [4.78, 5) is 43.9. The number of carbonyl (C=O) groups is 3. The quantitative estimate of drug-likeness (QED) is 0.755. The molecule has 1 saturated heterocycles. The van der Waals surface area contributed by atoms with E-state index in [9.17, 15) is 14.4 Å². The number of rotatable bonds is 1. The maximum atomic E-state index is 13.0. The summed E-state index contributed by atoms with van der Waals surface area (Å²) < 4.78 is 0. The fraction of sp³-hybridized carbons (Fsp3) is 0.263. The average Bonchev–Trinajstić information content (AvgIpc) is 2.88. The van der Waals surface area contributed by atoms with E-state index in [1.807, 2.05) is 24.3 Å². The number of aromatic nitrogens is 1. The van der Waals surface area contributed by atoms with Crippen molar-refractivity contribution >= 4 is 23.4 Å². The smallest absolute Gasteiger partial charge is 0.240 e. The van der Waals surface area contributed by atoms with Crippen LogP contribution in [0, 0.1) is 11.8 Å². The molecule has 1 aliphatic heterocycles. The maximum absolute atomic E-state index is 13.0. The van der Waals surface area contributed by atoms with E-state index in [2.05, 4.69) is 4.98 Å². The Labute approximate surface area is 138 Å². The first kappa shape index (κ1) is 13.6. The summed E-state index contributed by atoms with van der Waals surface area (Å²) in [6, 6.07) is 12.9. The first-order valence-corrected chi connectivity index (χ1v) is 8.09. The van der Waals surface area contributed by atoms with Gasteiger partial charge in [-0.2, -0.15) is 0 Å². The summed E-state index contributed by atoms with van der Waals surface area (Å²) >= 11 is 0. The third-order valence-corrected chi connectivity index (χ3v) is 5.57. The second-order valence-corrected chi connectivity index (χ2v) is 6.63. The molecular weight excluding hydrogens is 304 g/mol. The van der Waals surface area contributed by atoms with Gasteiger partial charge in [0.05, 0.1) is 17.8 Å². The Hall–Kier alpha value is -2.82. The molecule has 2 heterocycles. The molecule has 0 radical (unpaired) electrons. The van der Waals surface area contributed by atoms with Crippen LogP contribution in [0.1, 0.15) is 29.4 Å². The lowest BCUT2D eigenvalue weighted by molar-refractivity contribution is -0.134. The van der Waals surface area contributed by atoms with Gasteiger partial charge < -0.3 is 0 Å². The Morgan fingerprint density at radius 3 is 2.33 bits per heavy atom. The second kappa shape index (κ2) is 4.60. The van der Waals surface area contributed by atoms with Crippen molar-refractivity contribution in [2.75, 3.05) is 4.90 Å². The zero-order valence-corrected chi connectivity index (χ0v) is 12.8. The molecule has 2 bridgehead atoms. The molecule has 5 nitrogen and oxygen atoms in total. The maximum Gasteiger partial charge on any atom is 0.240 e. The Balaban J connectivity index is 1.68. The molecule has 0 N–H and O–H groups in total. The number of imide groups is 1. The molecule has 4 aliphatic rings. The van der Waals surface area contributed by atoms with Crippen molar-refractivity contribution in [1.82, 2.24) is 4.98 Å². The van der Waals surface area contributed by atoms with Crippen molar-refractivity contribution < 1.29 is 14.4 Å². The van der Waals surface area contributed by atoms with E-state index < -0.39 is 17.8 Å². The van der Waals surface area contributed by atoms with E-state index in [0.717, 1.165) is 11.1 Å². The number of benzene rings is 1. The standard InChI is InChI=1S/C19H14N2O3/c22-13-9-12-10-5-1-2-6-11(10)15(13)17-16(12)18(23)21(19(17)24)14-7-3-4-8-20-14/h1-8,12,15-17H,9H2/t12-,15+,16-,17-/m0/s1. The fourth-order valence-corrected chi connectivity index (χ4v) is 4.67. The van der Waals surface area contributed by atoms with Crippen LogP contribution in [-0.2, 0) is 14.4 Å². The molecule has 118 valence electrons. The van der Waals surface area contributed by atoms with Crippen molar-refractivity contribution in [2.24, 2.45) is 11.8 Å². The van der Waals surface area contributed by atoms with Crippen molar-refractivity contribution in [1.29, 1.82) is 0 Å². The number of anilines is 1. The summed E-state index contributed by atoms with van der Waals surface area (Å²) in [5, 5.41) is 0. The van der Waals surface area contributed by atoms with Gasteiger partial charge in [0, 0.05) is 18.5 Å². The number of carbonyl (C=O) groups excluding carboxylic acids is 3. The van der Waals surface area contributed by atoms with Crippen LogP contribution in [0.15, 0.2) is 48.7 Å². The number of pyridine rings is 1. The SMILES string of the molecule is O=C1C[C@H]2c3ccccc3[C@H]1[C@@H]1C(=O)N(c3ccccn3)C(=O)[C@H]12. The van der Waals surface area contributed by atoms with Crippen LogP contribution in [0.5, 0.6) is 0 Å². The van der Waals surface area contributed by atoms with Gasteiger partial charge in [-0.1, -0.05) is 30.3 Å². The molecule has 3 aliphatic carbocycles. The molecule has 2 fully saturated rings. The lowest BCUT2D eigenvalue weighted by Crippen LogP contribution is -2.44. The Kier molecular flexibility index (Phi) is 2.61. The van der Waals surface area contributed by atoms with Crippen LogP contribution in [0.4, 0.5) is 5.82 Å². The van der Waals surface area contributed by atoms with E-state index in [-0.39, 0.29) is 23.5 Å². The molecule has 1 aromatic carbocycles. The zero-order valence-electron chi connectivity index (χ0n) is 12.8.